The van der Waals surface area contributed by atoms with Crippen molar-refractivity contribution in [1.82, 2.24) is 10.2 Å². The van der Waals surface area contributed by atoms with Gasteiger partial charge in [-0.1, -0.05) is 12.1 Å². The van der Waals surface area contributed by atoms with Gasteiger partial charge in [-0.3, -0.25) is 4.79 Å². The quantitative estimate of drug-likeness (QED) is 0.677. The lowest BCUT2D eigenvalue weighted by Gasteiger charge is -2.16. The number of benzene rings is 2. The standard InChI is InChI=1S/C18H17N3O3S/c1-12(17(22)20-15-5-3-4-6-16(15)25-2)24-14-9-7-13(8-10-14)18-21-19-11-23-18/h3-12H,1-2H3,(H,20,22). The number of anilines is 1. The Bertz CT molecular complexity index is 835. The van der Waals surface area contributed by atoms with Gasteiger partial charge in [0.05, 0.1) is 5.69 Å². The third kappa shape index (κ3) is 4.19. The molecule has 1 N–H and O–H groups in total. The van der Waals surface area contributed by atoms with Gasteiger partial charge in [-0.15, -0.1) is 22.0 Å². The van der Waals surface area contributed by atoms with Gasteiger partial charge in [0.25, 0.3) is 5.91 Å². The minimum atomic E-state index is -0.635. The van der Waals surface area contributed by atoms with Gasteiger partial charge in [-0.2, -0.15) is 0 Å². The van der Waals surface area contributed by atoms with Crippen molar-refractivity contribution >= 4 is 23.4 Å². The molecule has 128 valence electrons. The van der Waals surface area contributed by atoms with Gasteiger partial charge in [0.15, 0.2) is 6.10 Å². The molecule has 0 spiro atoms. The van der Waals surface area contributed by atoms with E-state index in [4.69, 9.17) is 9.15 Å². The van der Waals surface area contributed by atoms with E-state index in [0.29, 0.717) is 11.6 Å². The molecule has 0 aliphatic carbocycles. The fraction of sp³-hybridized carbons (Fsp3) is 0.167. The molecule has 0 aliphatic heterocycles. The topological polar surface area (TPSA) is 77.2 Å². The summed E-state index contributed by atoms with van der Waals surface area (Å²) in [7, 11) is 0. The summed E-state index contributed by atoms with van der Waals surface area (Å²) in [4.78, 5) is 13.4. The fourth-order valence-electron chi connectivity index (χ4n) is 2.21. The number of nitrogens with zero attached hydrogens (tertiary/aromatic N) is 2. The maximum Gasteiger partial charge on any atom is 0.265 e. The predicted molar refractivity (Wildman–Crippen MR) is 96.7 cm³/mol. The van der Waals surface area contributed by atoms with Gasteiger partial charge in [0.1, 0.15) is 5.75 Å². The second-order valence-electron chi connectivity index (χ2n) is 5.22. The summed E-state index contributed by atoms with van der Waals surface area (Å²) in [6.07, 6.45) is 2.61. The Labute approximate surface area is 149 Å². The van der Waals surface area contributed by atoms with Gasteiger partial charge >= 0.3 is 0 Å². The number of nitrogens with one attached hydrogen (secondary N) is 1. The number of hydrogen-bond acceptors (Lipinski definition) is 6. The van der Waals surface area contributed by atoms with Crippen molar-refractivity contribution in [3.8, 4) is 17.2 Å². The molecule has 0 saturated heterocycles. The zero-order chi connectivity index (χ0) is 17.6. The third-order valence-corrected chi connectivity index (χ3v) is 4.30. The molecule has 2 aromatic carbocycles. The van der Waals surface area contributed by atoms with Crippen LogP contribution in [-0.4, -0.2) is 28.5 Å². The maximum absolute atomic E-state index is 12.4. The van der Waals surface area contributed by atoms with Crippen molar-refractivity contribution in [2.24, 2.45) is 0 Å². The van der Waals surface area contributed by atoms with Crippen LogP contribution < -0.4 is 10.1 Å². The van der Waals surface area contributed by atoms with Crippen LogP contribution in [0.4, 0.5) is 5.69 Å². The molecule has 3 rings (SSSR count). The van der Waals surface area contributed by atoms with Crippen LogP contribution in [0.5, 0.6) is 5.75 Å². The molecule has 1 heterocycles. The summed E-state index contributed by atoms with van der Waals surface area (Å²) in [6.45, 7) is 1.71. The number of aromatic nitrogens is 2. The first-order chi connectivity index (χ1) is 12.2. The van der Waals surface area contributed by atoms with Crippen LogP contribution in [0.3, 0.4) is 0 Å². The van der Waals surface area contributed by atoms with Crippen LogP contribution in [0.25, 0.3) is 11.5 Å². The van der Waals surface area contributed by atoms with Crippen molar-refractivity contribution in [3.05, 3.63) is 54.9 Å². The molecule has 7 heteroatoms. The molecule has 0 bridgehead atoms. The molecule has 0 aliphatic rings. The fourth-order valence-corrected chi connectivity index (χ4v) is 2.77. The van der Waals surface area contributed by atoms with E-state index in [1.165, 1.54) is 6.39 Å². The maximum atomic E-state index is 12.4. The van der Waals surface area contributed by atoms with Crippen LogP contribution >= 0.6 is 11.8 Å². The van der Waals surface area contributed by atoms with Crippen LogP contribution in [0, 0.1) is 0 Å². The summed E-state index contributed by atoms with van der Waals surface area (Å²) in [5.74, 6) is 0.817. The molecular weight excluding hydrogens is 338 g/mol. The van der Waals surface area contributed by atoms with E-state index in [1.54, 1.807) is 43.0 Å². The highest BCUT2D eigenvalue weighted by Gasteiger charge is 2.16. The monoisotopic (exact) mass is 355 g/mol. The van der Waals surface area contributed by atoms with E-state index < -0.39 is 6.10 Å². The second-order valence-corrected chi connectivity index (χ2v) is 6.07. The van der Waals surface area contributed by atoms with E-state index in [2.05, 4.69) is 15.5 Å². The number of thioether (sulfide) groups is 1. The molecule has 0 saturated carbocycles. The minimum absolute atomic E-state index is 0.206. The lowest BCUT2D eigenvalue weighted by Crippen LogP contribution is -2.30. The van der Waals surface area contributed by atoms with Crippen molar-refractivity contribution in [2.75, 3.05) is 11.6 Å². The van der Waals surface area contributed by atoms with E-state index >= 15 is 0 Å². The summed E-state index contributed by atoms with van der Waals surface area (Å²) < 4.78 is 10.8. The van der Waals surface area contributed by atoms with Crippen molar-refractivity contribution in [3.63, 3.8) is 0 Å². The van der Waals surface area contributed by atoms with Crippen molar-refractivity contribution in [1.29, 1.82) is 0 Å². The number of para-hydroxylation sites is 1. The Balaban J connectivity index is 1.63. The number of amides is 1. The van der Waals surface area contributed by atoms with Gasteiger partial charge in [0.2, 0.25) is 12.3 Å². The normalized spacial score (nSPS) is 11.8. The second kappa shape index (κ2) is 7.85. The zero-order valence-corrected chi connectivity index (χ0v) is 14.6. The SMILES string of the molecule is CSc1ccccc1NC(=O)C(C)Oc1ccc(-c2nnco2)cc1. The Morgan fingerprint density at radius 3 is 2.64 bits per heavy atom. The summed E-state index contributed by atoms with van der Waals surface area (Å²) in [5.41, 5.74) is 1.57. The number of ether oxygens (including phenoxy) is 1. The van der Waals surface area contributed by atoms with Crippen LogP contribution in [0.15, 0.2) is 64.2 Å². The summed E-state index contributed by atoms with van der Waals surface area (Å²) in [5, 5.41) is 10.4. The number of carbonyl (C=O) groups is 1. The van der Waals surface area contributed by atoms with Gasteiger partial charge < -0.3 is 14.5 Å². The Hall–Kier alpha value is -2.80. The van der Waals surface area contributed by atoms with E-state index in [-0.39, 0.29) is 5.91 Å². The first-order valence-corrected chi connectivity index (χ1v) is 8.87. The molecule has 1 atom stereocenters. The summed E-state index contributed by atoms with van der Waals surface area (Å²) >= 11 is 1.58. The predicted octanol–water partition coefficient (Wildman–Crippen LogP) is 3.86. The highest BCUT2D eigenvalue weighted by Crippen LogP contribution is 2.25. The molecular formula is C18H17N3O3S. The zero-order valence-electron chi connectivity index (χ0n) is 13.8. The molecule has 1 unspecified atom stereocenters. The average molecular weight is 355 g/mol. The van der Waals surface area contributed by atoms with Crippen molar-refractivity contribution in [2.45, 2.75) is 17.9 Å². The number of rotatable bonds is 6. The Morgan fingerprint density at radius 1 is 1.20 bits per heavy atom. The molecule has 0 radical (unpaired) electrons. The first kappa shape index (κ1) is 17.0. The lowest BCUT2D eigenvalue weighted by atomic mass is 10.2. The Morgan fingerprint density at radius 2 is 1.96 bits per heavy atom. The largest absolute Gasteiger partial charge is 0.481 e. The smallest absolute Gasteiger partial charge is 0.265 e. The van der Waals surface area contributed by atoms with Crippen LogP contribution in [0.1, 0.15) is 6.92 Å². The minimum Gasteiger partial charge on any atom is -0.481 e. The van der Waals surface area contributed by atoms with Gasteiger partial charge in [-0.25, -0.2) is 0 Å². The number of hydrogen-bond donors (Lipinski definition) is 1. The van der Waals surface area contributed by atoms with Crippen LogP contribution in [0.2, 0.25) is 0 Å². The van der Waals surface area contributed by atoms with E-state index in [9.17, 15) is 4.79 Å². The van der Waals surface area contributed by atoms with Crippen molar-refractivity contribution < 1.29 is 13.9 Å². The first-order valence-electron chi connectivity index (χ1n) is 7.64. The van der Waals surface area contributed by atoms with Gasteiger partial charge in [0, 0.05) is 10.5 Å². The molecule has 25 heavy (non-hydrogen) atoms. The van der Waals surface area contributed by atoms with E-state index in [0.717, 1.165) is 16.1 Å². The molecule has 3 aromatic rings. The van der Waals surface area contributed by atoms with Gasteiger partial charge in [-0.05, 0) is 49.6 Å². The molecule has 1 amide bonds. The summed E-state index contributed by atoms with van der Waals surface area (Å²) in [6, 6.07) is 14.8. The highest BCUT2D eigenvalue weighted by molar-refractivity contribution is 7.98. The molecule has 0 fully saturated rings. The van der Waals surface area contributed by atoms with E-state index in [1.807, 2.05) is 30.5 Å². The lowest BCUT2D eigenvalue weighted by molar-refractivity contribution is -0.122. The van der Waals surface area contributed by atoms with Crippen LogP contribution in [-0.2, 0) is 4.79 Å². The number of carbonyl (C=O) groups excluding carboxylic acids is 1. The third-order valence-electron chi connectivity index (χ3n) is 3.51. The molecule has 1 aromatic heterocycles. The molecule has 6 nitrogen and oxygen atoms in total. The average Bonchev–Trinajstić information content (AvgIpc) is 3.17. The highest BCUT2D eigenvalue weighted by atomic mass is 32.2. The Kier molecular flexibility index (Phi) is 5.35.